The molecule has 1 aromatic carbocycles. The van der Waals surface area contributed by atoms with E-state index in [9.17, 15) is 14.7 Å². The number of nitrogens with zero attached hydrogens (tertiary/aromatic N) is 2. The van der Waals surface area contributed by atoms with E-state index in [0.717, 1.165) is 18.4 Å². The van der Waals surface area contributed by atoms with Gasteiger partial charge in [0.05, 0.1) is 6.20 Å². The monoisotopic (exact) mass is 342 g/mol. The van der Waals surface area contributed by atoms with Crippen molar-refractivity contribution in [2.45, 2.75) is 51.6 Å². The minimum Gasteiger partial charge on any atom is -0.480 e. The smallest absolute Gasteiger partial charge is 0.326 e. The van der Waals surface area contributed by atoms with Gasteiger partial charge in [0.1, 0.15) is 6.04 Å². The molecule has 1 fully saturated rings. The van der Waals surface area contributed by atoms with Crippen molar-refractivity contribution in [3.8, 4) is 11.3 Å². The molecule has 1 amide bonds. The second-order valence-electron chi connectivity index (χ2n) is 6.53. The van der Waals surface area contributed by atoms with Crippen LogP contribution in [-0.4, -0.2) is 39.0 Å². The topological polar surface area (TPSA) is 83.6 Å². The highest BCUT2D eigenvalue weighted by Crippen LogP contribution is 2.30. The van der Waals surface area contributed by atoms with Gasteiger partial charge in [0, 0.05) is 24.4 Å². The lowest BCUT2D eigenvalue weighted by atomic mass is 10.1. The van der Waals surface area contributed by atoms with Gasteiger partial charge < -0.3 is 14.4 Å². The number of oxazole rings is 1. The fourth-order valence-electron chi connectivity index (χ4n) is 2.83. The average Bonchev–Trinajstić information content (AvgIpc) is 3.30. The summed E-state index contributed by atoms with van der Waals surface area (Å²) >= 11 is 0. The maximum absolute atomic E-state index is 12.5. The third-order valence-corrected chi connectivity index (χ3v) is 4.45. The lowest BCUT2D eigenvalue weighted by molar-refractivity contribution is -0.150. The highest BCUT2D eigenvalue weighted by molar-refractivity contribution is 5.84. The largest absolute Gasteiger partial charge is 0.480 e. The molecule has 25 heavy (non-hydrogen) atoms. The van der Waals surface area contributed by atoms with E-state index >= 15 is 0 Å². The van der Waals surface area contributed by atoms with E-state index in [2.05, 4.69) is 4.98 Å². The number of hydrogen-bond donors (Lipinski definition) is 1. The lowest BCUT2D eigenvalue weighted by Gasteiger charge is -2.26. The Labute approximate surface area is 146 Å². The van der Waals surface area contributed by atoms with Crippen LogP contribution in [0.1, 0.15) is 37.6 Å². The van der Waals surface area contributed by atoms with Crippen LogP contribution >= 0.6 is 0 Å². The first kappa shape index (κ1) is 17.2. The molecule has 6 nitrogen and oxygen atoms in total. The zero-order chi connectivity index (χ0) is 18.0. The first-order chi connectivity index (χ1) is 12.0. The Morgan fingerprint density at radius 1 is 1.32 bits per heavy atom. The number of benzene rings is 1. The van der Waals surface area contributed by atoms with E-state index in [4.69, 9.17) is 4.42 Å². The Bertz CT molecular complexity index is 762. The van der Waals surface area contributed by atoms with Gasteiger partial charge in [0.25, 0.3) is 0 Å². The highest BCUT2D eigenvalue weighted by Gasteiger charge is 2.38. The minimum absolute atomic E-state index is 0.0614. The Balaban J connectivity index is 1.62. The number of carboxylic acid groups (broad SMARTS) is 1. The van der Waals surface area contributed by atoms with Gasteiger partial charge in [-0.25, -0.2) is 9.78 Å². The van der Waals surface area contributed by atoms with Gasteiger partial charge in [0.15, 0.2) is 11.7 Å². The Morgan fingerprint density at radius 2 is 2.00 bits per heavy atom. The van der Waals surface area contributed by atoms with E-state index in [-0.39, 0.29) is 18.4 Å². The molecule has 132 valence electrons. The molecule has 0 aliphatic heterocycles. The maximum atomic E-state index is 12.5. The molecule has 0 bridgehead atoms. The molecule has 0 spiro atoms. The molecule has 1 aliphatic rings. The SMILES string of the molecule is Cc1ccc(-c2cnc(CCC(=O)N(C3CC3)C(C)C(=O)O)o2)cc1. The normalized spacial score (nSPS) is 15.0. The van der Waals surface area contributed by atoms with Gasteiger partial charge in [-0.3, -0.25) is 4.79 Å². The number of rotatable bonds is 7. The van der Waals surface area contributed by atoms with Crippen molar-refractivity contribution in [3.05, 3.63) is 41.9 Å². The molecule has 1 N–H and O–H groups in total. The summed E-state index contributed by atoms with van der Waals surface area (Å²) in [6, 6.07) is 7.20. The standard InChI is InChI=1S/C19H22N2O4/c1-12-3-5-14(6-4-12)16-11-20-17(25-16)9-10-18(22)21(15-7-8-15)13(2)19(23)24/h3-6,11,13,15H,7-10H2,1-2H3,(H,23,24). The molecule has 1 heterocycles. The quantitative estimate of drug-likeness (QED) is 0.836. The van der Waals surface area contributed by atoms with Crippen molar-refractivity contribution < 1.29 is 19.1 Å². The molecule has 1 aromatic heterocycles. The molecule has 2 aromatic rings. The van der Waals surface area contributed by atoms with Crippen LogP contribution in [0.25, 0.3) is 11.3 Å². The van der Waals surface area contributed by atoms with Crippen molar-refractivity contribution in [3.63, 3.8) is 0 Å². The van der Waals surface area contributed by atoms with Crippen LogP contribution in [0.2, 0.25) is 0 Å². The van der Waals surface area contributed by atoms with Gasteiger partial charge in [0.2, 0.25) is 5.91 Å². The van der Waals surface area contributed by atoms with E-state index in [1.165, 1.54) is 10.5 Å². The Kier molecular flexibility index (Phi) is 4.88. The molecular formula is C19H22N2O4. The van der Waals surface area contributed by atoms with Crippen molar-refractivity contribution in [1.29, 1.82) is 0 Å². The van der Waals surface area contributed by atoms with Crippen LogP contribution in [0.5, 0.6) is 0 Å². The number of hydrogen-bond acceptors (Lipinski definition) is 4. The third kappa shape index (κ3) is 4.07. The summed E-state index contributed by atoms with van der Waals surface area (Å²) in [5.74, 6) is 0.0218. The summed E-state index contributed by atoms with van der Waals surface area (Å²) in [7, 11) is 0. The maximum Gasteiger partial charge on any atom is 0.326 e. The van der Waals surface area contributed by atoms with E-state index < -0.39 is 12.0 Å². The summed E-state index contributed by atoms with van der Waals surface area (Å²) in [6.07, 6.45) is 3.96. The van der Waals surface area contributed by atoms with E-state index in [1.807, 2.05) is 31.2 Å². The van der Waals surface area contributed by atoms with Crippen LogP contribution in [0.3, 0.4) is 0 Å². The zero-order valence-electron chi connectivity index (χ0n) is 14.4. The van der Waals surface area contributed by atoms with Gasteiger partial charge in [-0.15, -0.1) is 0 Å². The van der Waals surface area contributed by atoms with E-state index in [0.29, 0.717) is 18.1 Å². The molecule has 6 heteroatoms. The summed E-state index contributed by atoms with van der Waals surface area (Å²) in [6.45, 7) is 3.57. The predicted molar refractivity (Wildman–Crippen MR) is 92.0 cm³/mol. The van der Waals surface area contributed by atoms with Crippen LogP contribution in [0, 0.1) is 6.92 Å². The first-order valence-corrected chi connectivity index (χ1v) is 8.51. The molecular weight excluding hydrogens is 320 g/mol. The number of carbonyl (C=O) groups excluding carboxylic acids is 1. The van der Waals surface area contributed by atoms with Crippen LogP contribution in [-0.2, 0) is 16.0 Å². The Morgan fingerprint density at radius 3 is 2.60 bits per heavy atom. The van der Waals surface area contributed by atoms with Crippen LogP contribution < -0.4 is 0 Å². The van der Waals surface area contributed by atoms with Crippen LogP contribution in [0.4, 0.5) is 0 Å². The fourth-order valence-corrected chi connectivity index (χ4v) is 2.83. The fraction of sp³-hybridized carbons (Fsp3) is 0.421. The highest BCUT2D eigenvalue weighted by atomic mass is 16.4. The molecule has 1 saturated carbocycles. The van der Waals surface area contributed by atoms with Gasteiger partial charge in [-0.05, 0) is 26.7 Å². The number of aromatic nitrogens is 1. The number of aliphatic carboxylic acids is 1. The molecule has 1 aliphatic carbocycles. The number of carboxylic acids is 1. The van der Waals surface area contributed by atoms with Crippen LogP contribution in [0.15, 0.2) is 34.9 Å². The average molecular weight is 342 g/mol. The summed E-state index contributed by atoms with van der Waals surface area (Å²) in [4.78, 5) is 29.4. The third-order valence-electron chi connectivity index (χ3n) is 4.45. The molecule has 0 radical (unpaired) electrons. The first-order valence-electron chi connectivity index (χ1n) is 8.51. The van der Waals surface area contributed by atoms with Crippen molar-refractivity contribution in [2.75, 3.05) is 0 Å². The predicted octanol–water partition coefficient (Wildman–Crippen LogP) is 3.05. The second kappa shape index (κ2) is 7.09. The molecule has 0 saturated heterocycles. The van der Waals surface area contributed by atoms with Crippen molar-refractivity contribution in [1.82, 2.24) is 9.88 Å². The molecule has 1 unspecified atom stereocenters. The van der Waals surface area contributed by atoms with Gasteiger partial charge in [-0.2, -0.15) is 0 Å². The van der Waals surface area contributed by atoms with Crippen molar-refractivity contribution >= 4 is 11.9 Å². The summed E-state index contributed by atoms with van der Waals surface area (Å²) in [5, 5.41) is 9.19. The summed E-state index contributed by atoms with van der Waals surface area (Å²) in [5.41, 5.74) is 2.11. The second-order valence-corrected chi connectivity index (χ2v) is 6.53. The number of carbonyl (C=O) groups is 2. The lowest BCUT2D eigenvalue weighted by Crippen LogP contribution is -2.44. The molecule has 1 atom stereocenters. The minimum atomic E-state index is -0.974. The number of amides is 1. The van der Waals surface area contributed by atoms with Gasteiger partial charge in [-0.1, -0.05) is 29.8 Å². The van der Waals surface area contributed by atoms with Gasteiger partial charge >= 0.3 is 5.97 Å². The van der Waals surface area contributed by atoms with Crippen molar-refractivity contribution in [2.24, 2.45) is 0 Å². The Hall–Kier alpha value is -2.63. The molecule has 3 rings (SSSR count). The number of aryl methyl sites for hydroxylation is 2. The zero-order valence-corrected chi connectivity index (χ0v) is 14.4. The van der Waals surface area contributed by atoms with E-state index in [1.54, 1.807) is 13.1 Å². The summed E-state index contributed by atoms with van der Waals surface area (Å²) < 4.78 is 5.73.